The van der Waals surface area contributed by atoms with Crippen molar-refractivity contribution in [1.82, 2.24) is 10.2 Å². The molecule has 1 amide bonds. The quantitative estimate of drug-likeness (QED) is 0.349. The van der Waals surface area contributed by atoms with E-state index in [4.69, 9.17) is 9.47 Å². The number of anilines is 1. The molecule has 1 unspecified atom stereocenters. The Morgan fingerprint density at radius 3 is 2.66 bits per heavy atom. The van der Waals surface area contributed by atoms with Crippen LogP contribution in [0.15, 0.2) is 54.6 Å². The molecule has 0 bridgehead atoms. The van der Waals surface area contributed by atoms with Crippen LogP contribution in [0.4, 0.5) is 5.69 Å². The van der Waals surface area contributed by atoms with Crippen LogP contribution in [-0.4, -0.2) is 84.6 Å². The lowest BCUT2D eigenvalue weighted by atomic mass is 9.47. The van der Waals surface area contributed by atoms with E-state index in [1.165, 1.54) is 14.0 Å². The number of nitrogens with zero attached hydrogens (tertiary/aromatic N) is 2. The van der Waals surface area contributed by atoms with E-state index in [-0.39, 0.29) is 25.1 Å². The van der Waals surface area contributed by atoms with Gasteiger partial charge >= 0.3 is 5.97 Å². The van der Waals surface area contributed by atoms with Crippen LogP contribution < -0.4 is 15.0 Å². The number of methoxy groups -OCH3 is 1. The lowest BCUT2D eigenvalue weighted by molar-refractivity contribution is -0.216. The molecular formula is C32H39N3O6. The van der Waals surface area contributed by atoms with Crippen molar-refractivity contribution in [3.63, 3.8) is 0 Å². The highest BCUT2D eigenvalue weighted by Gasteiger charge is 2.77. The Hall–Kier alpha value is -3.40. The molecule has 41 heavy (non-hydrogen) atoms. The number of carbonyl (C=O) groups is 2. The first-order valence-electron chi connectivity index (χ1n) is 14.4. The van der Waals surface area contributed by atoms with Gasteiger partial charge in [-0.2, -0.15) is 0 Å². The molecular weight excluding hydrogens is 522 g/mol. The van der Waals surface area contributed by atoms with Gasteiger partial charge in [0.05, 0.1) is 31.9 Å². The standard InChI is InChI=1S/C32H39N3O6/c1-5-30-13-8-15-35-16-14-31(27(30)35)23-12-11-21(18-36)17-24(23)34(3)28(31)32(39,29(30)41-20(2)37)19-33-26(38)22-9-6-7-10-25(22)40-4/h6-13,17,27-29,36,39H,5,14-16,18-19H2,1-4H3,(H,33,38)/t27-,28+,29+,30+,31+,32?/m0/s1. The van der Waals surface area contributed by atoms with Crippen molar-refractivity contribution in [2.75, 3.05) is 38.7 Å². The van der Waals surface area contributed by atoms with Gasteiger partial charge in [-0.1, -0.05) is 43.3 Å². The van der Waals surface area contributed by atoms with E-state index >= 15 is 0 Å². The number of nitrogens with one attached hydrogen (secondary N) is 1. The first-order valence-corrected chi connectivity index (χ1v) is 14.4. The number of para-hydroxylation sites is 1. The van der Waals surface area contributed by atoms with Crippen molar-refractivity contribution in [3.05, 3.63) is 71.3 Å². The second-order valence-electron chi connectivity index (χ2n) is 11.9. The number of benzene rings is 2. The molecule has 1 saturated carbocycles. The third-order valence-electron chi connectivity index (χ3n) is 10.1. The number of aliphatic hydroxyl groups excluding tert-OH is 1. The molecule has 9 heteroatoms. The third-order valence-corrected chi connectivity index (χ3v) is 10.1. The van der Waals surface area contributed by atoms with Crippen molar-refractivity contribution >= 4 is 17.6 Å². The first-order chi connectivity index (χ1) is 19.7. The number of fused-ring (bicyclic) bond motifs is 1. The normalized spacial score (nSPS) is 33.1. The first kappa shape index (κ1) is 27.8. The van der Waals surface area contributed by atoms with E-state index in [1.54, 1.807) is 24.3 Å². The molecule has 0 radical (unpaired) electrons. The molecule has 3 N–H and O–H groups in total. The predicted molar refractivity (Wildman–Crippen MR) is 154 cm³/mol. The fourth-order valence-electron chi connectivity index (χ4n) is 8.83. The second-order valence-corrected chi connectivity index (χ2v) is 11.9. The van der Waals surface area contributed by atoms with Crippen molar-refractivity contribution in [2.24, 2.45) is 5.41 Å². The van der Waals surface area contributed by atoms with Gasteiger partial charge in [0.15, 0.2) is 0 Å². The lowest BCUT2D eigenvalue weighted by Gasteiger charge is -2.64. The number of esters is 1. The number of carbonyl (C=O) groups excluding carboxylic acids is 2. The number of rotatable bonds is 7. The average Bonchev–Trinajstić information content (AvgIpc) is 3.50. The zero-order chi connectivity index (χ0) is 29.2. The fraction of sp³-hybridized carbons (Fsp3) is 0.500. The smallest absolute Gasteiger partial charge is 0.303 e. The maximum absolute atomic E-state index is 13.5. The number of hydrogen-bond donors (Lipinski definition) is 3. The van der Waals surface area contributed by atoms with Gasteiger partial charge in [0.2, 0.25) is 0 Å². The van der Waals surface area contributed by atoms with Crippen LogP contribution in [0, 0.1) is 5.41 Å². The van der Waals surface area contributed by atoms with Gasteiger partial charge in [-0.15, -0.1) is 0 Å². The van der Waals surface area contributed by atoms with Crippen LogP contribution in [-0.2, 0) is 21.6 Å². The largest absolute Gasteiger partial charge is 0.496 e. The van der Waals surface area contributed by atoms with Gasteiger partial charge in [0.1, 0.15) is 17.5 Å². The van der Waals surface area contributed by atoms with Gasteiger partial charge < -0.3 is 29.9 Å². The molecule has 4 aliphatic rings. The molecule has 2 fully saturated rings. The zero-order valence-corrected chi connectivity index (χ0v) is 24.1. The van der Waals surface area contributed by atoms with Crippen LogP contribution >= 0.6 is 0 Å². The maximum Gasteiger partial charge on any atom is 0.303 e. The van der Waals surface area contributed by atoms with Crippen molar-refractivity contribution < 1.29 is 29.3 Å². The molecule has 6 rings (SSSR count). The Bertz CT molecular complexity index is 1410. The molecule has 3 heterocycles. The van der Waals surface area contributed by atoms with E-state index in [9.17, 15) is 19.8 Å². The molecule has 9 nitrogen and oxygen atoms in total. The fourth-order valence-corrected chi connectivity index (χ4v) is 8.83. The van der Waals surface area contributed by atoms with E-state index in [0.29, 0.717) is 17.7 Å². The highest BCUT2D eigenvalue weighted by molar-refractivity contribution is 5.97. The lowest BCUT2D eigenvalue weighted by Crippen LogP contribution is -2.81. The highest BCUT2D eigenvalue weighted by atomic mass is 16.6. The highest BCUT2D eigenvalue weighted by Crippen LogP contribution is 2.67. The van der Waals surface area contributed by atoms with E-state index in [2.05, 4.69) is 40.3 Å². The topological polar surface area (TPSA) is 112 Å². The summed E-state index contributed by atoms with van der Waals surface area (Å²) in [5.74, 6) is -0.427. The number of ether oxygens (including phenoxy) is 2. The molecule has 0 aromatic heterocycles. The molecule has 218 valence electrons. The predicted octanol–water partition coefficient (Wildman–Crippen LogP) is 2.39. The van der Waals surface area contributed by atoms with Gasteiger partial charge in [-0.3, -0.25) is 14.5 Å². The van der Waals surface area contributed by atoms with Crippen LogP contribution in [0.1, 0.15) is 48.2 Å². The van der Waals surface area contributed by atoms with Crippen LogP contribution in [0.5, 0.6) is 5.75 Å². The average molecular weight is 562 g/mol. The van der Waals surface area contributed by atoms with Gasteiger partial charge in [0.25, 0.3) is 5.91 Å². The SMILES string of the molecule is CC[C@]12C=CCN3CC[C@@]4(c5ccc(CO)cc5N(C)[C@H]4C(O)(CNC(=O)c4ccccc4OC)[C@@H]1OC(C)=O)[C@@H]32. The van der Waals surface area contributed by atoms with E-state index in [1.807, 2.05) is 19.2 Å². The molecule has 1 spiro atoms. The maximum atomic E-state index is 13.5. The Morgan fingerprint density at radius 2 is 1.95 bits per heavy atom. The summed E-state index contributed by atoms with van der Waals surface area (Å²) >= 11 is 0. The number of hydrogen-bond acceptors (Lipinski definition) is 8. The summed E-state index contributed by atoms with van der Waals surface area (Å²) in [7, 11) is 3.47. The Labute approximate surface area is 240 Å². The van der Waals surface area contributed by atoms with Gasteiger partial charge in [-0.25, -0.2) is 0 Å². The molecule has 2 aromatic carbocycles. The Balaban J connectivity index is 1.54. The summed E-state index contributed by atoms with van der Waals surface area (Å²) < 4.78 is 11.6. The molecule has 2 aromatic rings. The minimum absolute atomic E-state index is 0.0341. The summed E-state index contributed by atoms with van der Waals surface area (Å²) in [4.78, 5) is 30.8. The molecule has 3 aliphatic heterocycles. The van der Waals surface area contributed by atoms with Crippen molar-refractivity contribution in [2.45, 2.75) is 62.5 Å². The molecule has 1 saturated heterocycles. The van der Waals surface area contributed by atoms with Crippen molar-refractivity contribution in [1.29, 1.82) is 0 Å². The minimum Gasteiger partial charge on any atom is -0.496 e. The number of likely N-dealkylation sites (N-methyl/N-ethyl adjacent to an activating group) is 1. The zero-order valence-electron chi connectivity index (χ0n) is 24.1. The van der Waals surface area contributed by atoms with Gasteiger partial charge in [-0.05, 0) is 48.7 Å². The summed E-state index contributed by atoms with van der Waals surface area (Å²) in [6.07, 6.45) is 4.78. The Kier molecular flexibility index (Phi) is 6.67. The van der Waals surface area contributed by atoms with Crippen LogP contribution in [0.2, 0.25) is 0 Å². The van der Waals surface area contributed by atoms with Crippen LogP contribution in [0.3, 0.4) is 0 Å². The van der Waals surface area contributed by atoms with Crippen molar-refractivity contribution in [3.8, 4) is 5.75 Å². The minimum atomic E-state index is -1.67. The summed E-state index contributed by atoms with van der Waals surface area (Å²) in [5, 5.41) is 26.1. The number of aliphatic hydroxyl groups is 2. The van der Waals surface area contributed by atoms with E-state index < -0.39 is 34.5 Å². The monoisotopic (exact) mass is 561 g/mol. The second kappa shape index (κ2) is 9.86. The van der Waals surface area contributed by atoms with Crippen LogP contribution in [0.25, 0.3) is 0 Å². The summed E-state index contributed by atoms with van der Waals surface area (Å²) in [5.41, 5.74) is 0.352. The molecule has 1 aliphatic carbocycles. The third kappa shape index (κ3) is 3.72. The number of amides is 1. The summed E-state index contributed by atoms with van der Waals surface area (Å²) in [6.45, 7) is 4.84. The van der Waals surface area contributed by atoms with Gasteiger partial charge in [0, 0.05) is 43.1 Å². The van der Waals surface area contributed by atoms with E-state index in [0.717, 1.165) is 36.3 Å². The molecule has 6 atom stereocenters. The Morgan fingerprint density at radius 1 is 1.17 bits per heavy atom. The summed E-state index contributed by atoms with van der Waals surface area (Å²) in [6, 6.07) is 12.5.